The summed E-state index contributed by atoms with van der Waals surface area (Å²) in [7, 11) is -7.87. The number of carbonyl (C=O) groups is 2. The Morgan fingerprint density at radius 1 is 1.00 bits per heavy atom. The lowest BCUT2D eigenvalue weighted by Crippen LogP contribution is -2.36. The third-order valence-electron chi connectivity index (χ3n) is 5.64. The molecule has 0 radical (unpaired) electrons. The Balaban J connectivity index is 1.66. The molecule has 2 aromatic heterocycles. The van der Waals surface area contributed by atoms with Gasteiger partial charge in [-0.2, -0.15) is 20.5 Å². The van der Waals surface area contributed by atoms with Crippen molar-refractivity contribution in [1.29, 1.82) is 0 Å². The summed E-state index contributed by atoms with van der Waals surface area (Å²) < 4.78 is 65.5. The van der Waals surface area contributed by atoms with Crippen LogP contribution < -0.4 is 13.2 Å². The Bertz CT molecular complexity index is 1520. The fraction of sp³-hybridized carbons (Fsp3) is 0.238. The maximum atomic E-state index is 13.7. The molecule has 37 heavy (non-hydrogen) atoms. The minimum Gasteiger partial charge on any atom is -0.504 e. The number of anilines is 1. The summed E-state index contributed by atoms with van der Waals surface area (Å²) in [5.74, 6) is -1.35. The molecule has 1 aromatic carbocycles. The molecule has 3 aromatic rings. The van der Waals surface area contributed by atoms with E-state index < -0.39 is 43.4 Å². The van der Waals surface area contributed by atoms with Crippen LogP contribution in [-0.4, -0.2) is 70.6 Å². The van der Waals surface area contributed by atoms with Crippen LogP contribution in [-0.2, 0) is 31.3 Å². The first-order valence-electron chi connectivity index (χ1n) is 10.6. The predicted molar refractivity (Wildman–Crippen MR) is 133 cm³/mol. The third-order valence-corrected chi connectivity index (χ3v) is 12.5. The van der Waals surface area contributed by atoms with Gasteiger partial charge in [-0.1, -0.05) is 12.1 Å². The normalized spacial score (nSPS) is 15.6. The Morgan fingerprint density at radius 2 is 1.59 bits per heavy atom. The maximum Gasteiger partial charge on any atom is 0.326 e. The molecule has 2 aliphatic heterocycles. The van der Waals surface area contributed by atoms with Crippen molar-refractivity contribution in [3.8, 4) is 17.2 Å². The number of phenols is 1. The van der Waals surface area contributed by atoms with E-state index >= 15 is 0 Å². The predicted octanol–water partition coefficient (Wildman–Crippen LogP) is 2.26. The van der Waals surface area contributed by atoms with Crippen molar-refractivity contribution < 1.29 is 41.0 Å². The summed E-state index contributed by atoms with van der Waals surface area (Å²) in [6.07, 6.45) is -0.104. The summed E-state index contributed by atoms with van der Waals surface area (Å²) in [6, 6.07) is 6.14. The van der Waals surface area contributed by atoms with Crippen molar-refractivity contribution in [2.45, 2.75) is 14.8 Å². The van der Waals surface area contributed by atoms with E-state index in [9.17, 15) is 31.5 Å². The van der Waals surface area contributed by atoms with Crippen molar-refractivity contribution >= 4 is 60.3 Å². The van der Waals surface area contributed by atoms with Gasteiger partial charge in [-0.25, -0.2) is 4.79 Å². The molecule has 1 N–H and O–H groups in total. The number of hydrogen-bond acceptors (Lipinski definition) is 11. The number of carbonyl (C=O) groups excluding carboxylic acids is 2. The van der Waals surface area contributed by atoms with Gasteiger partial charge in [-0.3, -0.25) is 9.69 Å². The van der Waals surface area contributed by atoms with Gasteiger partial charge in [-0.05, 0) is 35.4 Å². The van der Waals surface area contributed by atoms with Gasteiger partial charge in [0.1, 0.15) is 20.7 Å². The number of ether oxygens (including phenoxy) is 2. The van der Waals surface area contributed by atoms with Crippen molar-refractivity contribution in [1.82, 2.24) is 9.80 Å². The molecule has 4 heterocycles. The zero-order valence-electron chi connectivity index (χ0n) is 19.1. The standard InChI is InChI=1S/C21H19N3O9S4/c1-22-11-15(25)23(21(22)27)7-6-13-10-14(19-20(18(13)26)33-12-32-19)24(36(28,29)16-4-2-8-34-16)37(30,31)17-5-3-9-35-17/h2-5,8-10,26H,6-7,11-12H2,1H3. The second-order valence-corrected chi connectivity index (χ2v) is 14.1. The first-order valence-corrected chi connectivity index (χ1v) is 15.2. The smallest absolute Gasteiger partial charge is 0.326 e. The highest BCUT2D eigenvalue weighted by Gasteiger charge is 2.43. The summed E-state index contributed by atoms with van der Waals surface area (Å²) in [4.78, 5) is 26.7. The highest BCUT2D eigenvalue weighted by atomic mass is 32.3. The number of urea groups is 1. The van der Waals surface area contributed by atoms with Gasteiger partial charge in [0.2, 0.25) is 18.4 Å². The zero-order valence-corrected chi connectivity index (χ0v) is 22.3. The van der Waals surface area contributed by atoms with Crippen LogP contribution in [0.4, 0.5) is 10.5 Å². The number of benzene rings is 1. The van der Waals surface area contributed by atoms with Gasteiger partial charge < -0.3 is 19.5 Å². The number of fused-ring (bicyclic) bond motifs is 1. The maximum absolute atomic E-state index is 13.7. The van der Waals surface area contributed by atoms with Gasteiger partial charge in [0.15, 0.2) is 11.5 Å². The van der Waals surface area contributed by atoms with E-state index in [0.717, 1.165) is 33.6 Å². The summed E-state index contributed by atoms with van der Waals surface area (Å²) >= 11 is 1.67. The van der Waals surface area contributed by atoms with E-state index in [2.05, 4.69) is 0 Å². The molecule has 0 unspecified atom stereocenters. The van der Waals surface area contributed by atoms with E-state index in [4.69, 9.17) is 9.47 Å². The Labute approximate surface area is 220 Å². The van der Waals surface area contributed by atoms with Crippen molar-refractivity contribution in [2.24, 2.45) is 0 Å². The van der Waals surface area contributed by atoms with Gasteiger partial charge in [-0.15, -0.1) is 22.7 Å². The first-order chi connectivity index (χ1) is 17.5. The van der Waals surface area contributed by atoms with Crippen LogP contribution in [0, 0.1) is 0 Å². The molecule has 16 heteroatoms. The van der Waals surface area contributed by atoms with Gasteiger partial charge in [0, 0.05) is 19.2 Å². The molecule has 3 amide bonds. The monoisotopic (exact) mass is 585 g/mol. The minimum atomic E-state index is -4.67. The fourth-order valence-electron chi connectivity index (χ4n) is 3.91. The molecule has 0 atom stereocenters. The molecule has 0 saturated carbocycles. The summed E-state index contributed by atoms with van der Waals surface area (Å²) in [5, 5.41) is 13.8. The van der Waals surface area contributed by atoms with Crippen molar-refractivity contribution in [2.75, 3.05) is 30.6 Å². The molecule has 0 spiro atoms. The van der Waals surface area contributed by atoms with Crippen LogP contribution in [0.1, 0.15) is 5.56 Å². The molecular formula is C21H19N3O9S4. The van der Waals surface area contributed by atoms with Crippen LogP contribution in [0.5, 0.6) is 17.2 Å². The number of amides is 3. The number of aromatic hydroxyl groups is 1. The lowest BCUT2D eigenvalue weighted by atomic mass is 10.1. The average Bonchev–Trinajstić information content (AvgIpc) is 3.65. The van der Waals surface area contributed by atoms with E-state index in [1.807, 2.05) is 0 Å². The highest BCUT2D eigenvalue weighted by Crippen LogP contribution is 2.51. The second kappa shape index (κ2) is 9.20. The lowest BCUT2D eigenvalue weighted by Gasteiger charge is -2.25. The zero-order chi connectivity index (χ0) is 26.5. The minimum absolute atomic E-state index is 0.0576. The topological polar surface area (TPSA) is 151 Å². The Morgan fingerprint density at radius 3 is 2.11 bits per heavy atom. The van der Waals surface area contributed by atoms with Gasteiger partial charge in [0.25, 0.3) is 20.0 Å². The van der Waals surface area contributed by atoms with Crippen LogP contribution in [0.2, 0.25) is 0 Å². The number of sulfonamides is 2. The molecule has 12 nitrogen and oxygen atoms in total. The van der Waals surface area contributed by atoms with E-state index in [0.29, 0.717) is 0 Å². The third kappa shape index (κ3) is 4.18. The average molecular weight is 586 g/mol. The molecule has 0 aliphatic carbocycles. The van der Waals surface area contributed by atoms with Crippen molar-refractivity contribution in [3.63, 3.8) is 0 Å². The molecular weight excluding hydrogens is 567 g/mol. The SMILES string of the molecule is CN1CC(=O)N(CCc2cc(N(S(=O)(=O)c3cccs3)S(=O)(=O)c3cccs3)c3c(c2O)OCO3)C1=O. The quantitative estimate of drug-likeness (QED) is 0.393. The number of nitrogens with zero attached hydrogens (tertiary/aromatic N) is 3. The number of phenolic OH excluding ortho intramolecular Hbond substituents is 1. The number of likely N-dealkylation sites (N-methyl/N-ethyl adjacent to an activating group) is 1. The first kappa shape index (κ1) is 25.3. The van der Waals surface area contributed by atoms with Crippen molar-refractivity contribution in [3.05, 3.63) is 46.7 Å². The summed E-state index contributed by atoms with van der Waals surface area (Å²) in [6.45, 7) is -0.619. The van der Waals surface area contributed by atoms with Crippen LogP contribution in [0.15, 0.2) is 49.5 Å². The van der Waals surface area contributed by atoms with E-state index in [1.165, 1.54) is 47.0 Å². The van der Waals surface area contributed by atoms with Crippen LogP contribution in [0.25, 0.3) is 0 Å². The number of imide groups is 1. The number of hydrogen-bond donors (Lipinski definition) is 1. The fourth-order valence-corrected chi connectivity index (χ4v) is 9.97. The number of thiophene rings is 2. The van der Waals surface area contributed by atoms with Gasteiger partial charge in [0.05, 0.1) is 0 Å². The lowest BCUT2D eigenvalue weighted by molar-refractivity contribution is -0.125. The largest absolute Gasteiger partial charge is 0.504 e. The van der Waals surface area contributed by atoms with Crippen LogP contribution >= 0.6 is 22.7 Å². The van der Waals surface area contributed by atoms with Gasteiger partial charge >= 0.3 is 6.03 Å². The molecule has 2 aliphatic rings. The Kier molecular flexibility index (Phi) is 6.29. The Hall–Kier alpha value is -3.34. The van der Waals surface area contributed by atoms with Crippen LogP contribution in [0.3, 0.4) is 0 Å². The molecule has 0 bridgehead atoms. The molecule has 1 saturated heterocycles. The molecule has 5 rings (SSSR count). The molecule has 1 fully saturated rings. The second-order valence-electron chi connectivity index (χ2n) is 7.97. The molecule has 196 valence electrons. The van der Waals surface area contributed by atoms with E-state index in [-0.39, 0.29) is 55.5 Å². The van der Waals surface area contributed by atoms with E-state index in [1.54, 1.807) is 0 Å². The number of rotatable bonds is 8. The summed E-state index contributed by atoms with van der Waals surface area (Å²) in [5.41, 5.74) is -0.333. The highest BCUT2D eigenvalue weighted by molar-refractivity contribution is 8.11.